The molecular weight excluding hydrogens is 304 g/mol. The van der Waals surface area contributed by atoms with Gasteiger partial charge in [-0.1, -0.05) is 12.1 Å². The first-order valence-electron chi connectivity index (χ1n) is 6.32. The van der Waals surface area contributed by atoms with E-state index >= 15 is 0 Å². The van der Waals surface area contributed by atoms with E-state index in [9.17, 15) is 0 Å². The molecule has 0 bridgehead atoms. The SMILES string of the molecule is CCn1nc(C)c(Br)c1Cn1cnc2ccccc21. The number of para-hydroxylation sites is 2. The Labute approximate surface area is 120 Å². The highest BCUT2D eigenvalue weighted by Crippen LogP contribution is 2.23. The molecule has 0 amide bonds. The molecule has 0 saturated heterocycles. The summed E-state index contributed by atoms with van der Waals surface area (Å²) in [5.74, 6) is 0. The minimum Gasteiger partial charge on any atom is -0.324 e. The van der Waals surface area contributed by atoms with Crippen LogP contribution in [0.2, 0.25) is 0 Å². The third kappa shape index (κ3) is 2.08. The van der Waals surface area contributed by atoms with Crippen molar-refractivity contribution in [1.29, 1.82) is 0 Å². The lowest BCUT2D eigenvalue weighted by Gasteiger charge is -2.07. The normalized spacial score (nSPS) is 11.3. The highest BCUT2D eigenvalue weighted by atomic mass is 79.9. The van der Waals surface area contributed by atoms with Gasteiger partial charge < -0.3 is 4.57 Å². The van der Waals surface area contributed by atoms with Gasteiger partial charge in [0.1, 0.15) is 0 Å². The summed E-state index contributed by atoms with van der Waals surface area (Å²) >= 11 is 3.63. The van der Waals surface area contributed by atoms with E-state index in [-0.39, 0.29) is 0 Å². The predicted octanol–water partition coefficient (Wildman–Crippen LogP) is 3.37. The predicted molar refractivity (Wildman–Crippen MR) is 79.2 cm³/mol. The Morgan fingerprint density at radius 2 is 2.05 bits per heavy atom. The number of hydrogen-bond acceptors (Lipinski definition) is 2. The third-order valence-electron chi connectivity index (χ3n) is 3.30. The van der Waals surface area contributed by atoms with Crippen LogP contribution in [0.1, 0.15) is 18.3 Å². The monoisotopic (exact) mass is 318 g/mol. The first-order valence-corrected chi connectivity index (χ1v) is 7.11. The number of rotatable bonds is 3. The molecule has 19 heavy (non-hydrogen) atoms. The Balaban J connectivity index is 2.06. The lowest BCUT2D eigenvalue weighted by Crippen LogP contribution is -2.07. The molecule has 0 unspecified atom stereocenters. The smallest absolute Gasteiger partial charge is 0.0962 e. The maximum absolute atomic E-state index is 4.53. The molecule has 0 aliphatic rings. The van der Waals surface area contributed by atoms with Crippen molar-refractivity contribution in [3.05, 3.63) is 46.5 Å². The van der Waals surface area contributed by atoms with Gasteiger partial charge in [-0.2, -0.15) is 5.10 Å². The van der Waals surface area contributed by atoms with E-state index in [1.165, 1.54) is 5.69 Å². The van der Waals surface area contributed by atoms with Crippen LogP contribution in [-0.2, 0) is 13.1 Å². The number of benzene rings is 1. The Morgan fingerprint density at radius 1 is 1.26 bits per heavy atom. The van der Waals surface area contributed by atoms with E-state index in [2.05, 4.69) is 43.6 Å². The van der Waals surface area contributed by atoms with Gasteiger partial charge in [0.25, 0.3) is 0 Å². The van der Waals surface area contributed by atoms with Gasteiger partial charge >= 0.3 is 0 Å². The van der Waals surface area contributed by atoms with Gasteiger partial charge in [0, 0.05) is 6.54 Å². The molecule has 5 heteroatoms. The maximum Gasteiger partial charge on any atom is 0.0962 e. The first kappa shape index (κ1) is 12.4. The molecule has 1 aromatic carbocycles. The Morgan fingerprint density at radius 3 is 2.84 bits per heavy atom. The van der Waals surface area contributed by atoms with E-state index in [1.54, 1.807) is 0 Å². The molecule has 3 aromatic rings. The summed E-state index contributed by atoms with van der Waals surface area (Å²) in [6.07, 6.45) is 1.89. The van der Waals surface area contributed by atoms with Gasteiger partial charge in [0.05, 0.1) is 39.8 Å². The lowest BCUT2D eigenvalue weighted by molar-refractivity contribution is 0.600. The van der Waals surface area contributed by atoms with Crippen LogP contribution in [0.3, 0.4) is 0 Å². The van der Waals surface area contributed by atoms with Crippen molar-refractivity contribution < 1.29 is 0 Å². The summed E-state index contributed by atoms with van der Waals surface area (Å²) in [7, 11) is 0. The van der Waals surface area contributed by atoms with Crippen LogP contribution in [0.25, 0.3) is 11.0 Å². The molecule has 0 spiro atoms. The quantitative estimate of drug-likeness (QED) is 0.742. The molecule has 4 nitrogen and oxygen atoms in total. The second kappa shape index (κ2) is 4.81. The zero-order valence-corrected chi connectivity index (χ0v) is 12.6. The van der Waals surface area contributed by atoms with Gasteiger partial charge in [-0.15, -0.1) is 0 Å². The van der Waals surface area contributed by atoms with Crippen molar-refractivity contribution in [1.82, 2.24) is 19.3 Å². The van der Waals surface area contributed by atoms with E-state index in [0.29, 0.717) is 0 Å². The molecule has 0 N–H and O–H groups in total. The number of halogens is 1. The summed E-state index contributed by atoms with van der Waals surface area (Å²) in [5, 5.41) is 4.53. The fourth-order valence-electron chi connectivity index (χ4n) is 2.32. The molecule has 0 fully saturated rings. The molecule has 3 rings (SSSR count). The second-order valence-corrected chi connectivity index (χ2v) is 5.32. The Hall–Kier alpha value is -1.62. The molecular formula is C14H15BrN4. The van der Waals surface area contributed by atoms with E-state index in [0.717, 1.165) is 34.3 Å². The van der Waals surface area contributed by atoms with Crippen molar-refractivity contribution in [3.63, 3.8) is 0 Å². The first-order chi connectivity index (χ1) is 9.20. The fraction of sp³-hybridized carbons (Fsp3) is 0.286. The number of aromatic nitrogens is 4. The number of aryl methyl sites for hydroxylation is 2. The third-order valence-corrected chi connectivity index (χ3v) is 4.33. The van der Waals surface area contributed by atoms with E-state index in [4.69, 9.17) is 0 Å². The topological polar surface area (TPSA) is 35.6 Å². The number of imidazole rings is 1. The van der Waals surface area contributed by atoms with Crippen LogP contribution >= 0.6 is 15.9 Å². The fourth-order valence-corrected chi connectivity index (χ4v) is 2.73. The molecule has 0 atom stereocenters. The van der Waals surface area contributed by atoms with Crippen LogP contribution in [0.5, 0.6) is 0 Å². The van der Waals surface area contributed by atoms with Crippen LogP contribution in [-0.4, -0.2) is 19.3 Å². The standard InChI is InChI=1S/C14H15BrN4/c1-3-19-13(14(15)10(2)17-19)8-18-9-16-11-6-4-5-7-12(11)18/h4-7,9H,3,8H2,1-2H3. The van der Waals surface area contributed by atoms with Gasteiger partial charge in [-0.25, -0.2) is 4.98 Å². The van der Waals surface area contributed by atoms with Crippen LogP contribution < -0.4 is 0 Å². The number of nitrogens with zero attached hydrogens (tertiary/aromatic N) is 4. The highest BCUT2D eigenvalue weighted by molar-refractivity contribution is 9.10. The van der Waals surface area contributed by atoms with Crippen molar-refractivity contribution in [3.8, 4) is 0 Å². The maximum atomic E-state index is 4.53. The van der Waals surface area contributed by atoms with Crippen molar-refractivity contribution in [2.45, 2.75) is 26.9 Å². The van der Waals surface area contributed by atoms with Crippen molar-refractivity contribution >= 4 is 27.0 Å². The molecule has 2 aromatic heterocycles. The minimum atomic E-state index is 0.774. The van der Waals surface area contributed by atoms with Crippen LogP contribution in [0.4, 0.5) is 0 Å². The van der Waals surface area contributed by atoms with Gasteiger partial charge in [0.2, 0.25) is 0 Å². The van der Waals surface area contributed by atoms with Crippen LogP contribution in [0.15, 0.2) is 35.1 Å². The number of hydrogen-bond donors (Lipinski definition) is 0. The summed E-state index contributed by atoms with van der Waals surface area (Å²) in [5.41, 5.74) is 4.39. The van der Waals surface area contributed by atoms with Gasteiger partial charge in [-0.05, 0) is 41.9 Å². The van der Waals surface area contributed by atoms with Crippen molar-refractivity contribution in [2.75, 3.05) is 0 Å². The molecule has 98 valence electrons. The van der Waals surface area contributed by atoms with Gasteiger partial charge in [0.15, 0.2) is 0 Å². The molecule has 0 saturated carbocycles. The zero-order valence-electron chi connectivity index (χ0n) is 11.0. The summed E-state index contributed by atoms with van der Waals surface area (Å²) < 4.78 is 5.28. The Kier molecular flexibility index (Phi) is 3.14. The van der Waals surface area contributed by atoms with E-state index in [1.807, 2.05) is 36.1 Å². The summed E-state index contributed by atoms with van der Waals surface area (Å²) in [4.78, 5) is 4.42. The minimum absolute atomic E-state index is 0.774. The largest absolute Gasteiger partial charge is 0.324 e. The summed E-state index contributed by atoms with van der Waals surface area (Å²) in [6.45, 7) is 5.77. The van der Waals surface area contributed by atoms with Crippen LogP contribution in [0, 0.1) is 6.92 Å². The average molecular weight is 319 g/mol. The lowest BCUT2D eigenvalue weighted by atomic mass is 10.3. The molecule has 0 radical (unpaired) electrons. The Bertz CT molecular complexity index is 726. The van der Waals surface area contributed by atoms with Crippen molar-refractivity contribution in [2.24, 2.45) is 0 Å². The highest BCUT2D eigenvalue weighted by Gasteiger charge is 2.13. The molecule has 0 aliphatic heterocycles. The molecule has 2 heterocycles. The second-order valence-electron chi connectivity index (χ2n) is 4.52. The average Bonchev–Trinajstić information content (AvgIpc) is 2.95. The molecule has 0 aliphatic carbocycles. The van der Waals surface area contributed by atoms with Gasteiger partial charge in [-0.3, -0.25) is 4.68 Å². The number of fused-ring (bicyclic) bond motifs is 1. The zero-order chi connectivity index (χ0) is 13.4. The van der Waals surface area contributed by atoms with E-state index < -0.39 is 0 Å². The summed E-state index contributed by atoms with van der Waals surface area (Å²) in [6, 6.07) is 8.17.